The number of hydrogen-bond acceptors (Lipinski definition) is 5. The Bertz CT molecular complexity index is 691. The molecule has 116 valence electrons. The lowest BCUT2D eigenvalue weighted by Crippen LogP contribution is -2.14. The molecule has 0 saturated heterocycles. The maximum Gasteiger partial charge on any atom is 0.513 e. The highest BCUT2D eigenvalue weighted by atomic mass is 16.7. The first-order chi connectivity index (χ1) is 10.5. The Morgan fingerprint density at radius 1 is 1.09 bits per heavy atom. The van der Waals surface area contributed by atoms with Crippen molar-refractivity contribution in [2.45, 2.75) is 13.8 Å². The van der Waals surface area contributed by atoms with Crippen molar-refractivity contribution in [2.75, 3.05) is 13.7 Å². The van der Waals surface area contributed by atoms with Gasteiger partial charge in [-0.25, -0.2) is 9.59 Å². The number of ether oxygens (including phenoxy) is 3. The van der Waals surface area contributed by atoms with Crippen molar-refractivity contribution < 1.29 is 23.8 Å². The second kappa shape index (κ2) is 6.93. The smallest absolute Gasteiger partial charge is 0.462 e. The number of carbonyl (C=O) groups is 2. The van der Waals surface area contributed by atoms with Crippen LogP contribution in [0.1, 0.15) is 24.2 Å². The Morgan fingerprint density at radius 2 is 1.82 bits per heavy atom. The molecule has 0 amide bonds. The highest BCUT2D eigenvalue weighted by Crippen LogP contribution is 2.31. The average molecular weight is 302 g/mol. The van der Waals surface area contributed by atoms with Crippen molar-refractivity contribution in [2.24, 2.45) is 5.92 Å². The van der Waals surface area contributed by atoms with Crippen LogP contribution < -0.4 is 4.74 Å². The maximum atomic E-state index is 12.2. The van der Waals surface area contributed by atoms with Gasteiger partial charge in [-0.05, 0) is 17.4 Å². The number of rotatable bonds is 4. The van der Waals surface area contributed by atoms with Crippen molar-refractivity contribution in [3.8, 4) is 5.75 Å². The lowest BCUT2D eigenvalue weighted by Gasteiger charge is -2.13. The van der Waals surface area contributed by atoms with Crippen molar-refractivity contribution in [1.82, 2.24) is 0 Å². The highest BCUT2D eigenvalue weighted by molar-refractivity contribution is 6.02. The molecule has 0 aliphatic carbocycles. The summed E-state index contributed by atoms with van der Waals surface area (Å²) in [7, 11) is 1.21. The third-order valence-corrected chi connectivity index (χ3v) is 3.00. The Hall–Kier alpha value is -2.56. The van der Waals surface area contributed by atoms with Crippen LogP contribution in [0.5, 0.6) is 5.75 Å². The standard InChI is InChI=1S/C17H18O5/c1-11(2)10-21-16(18)14-9-8-12-6-4-5-7-13(12)15(14)22-17(19)20-3/h4-9,11H,10H2,1-3H3. The second-order valence-electron chi connectivity index (χ2n) is 5.21. The molecule has 2 rings (SSSR count). The number of hydrogen-bond donors (Lipinski definition) is 0. The van der Waals surface area contributed by atoms with Gasteiger partial charge in [0.25, 0.3) is 0 Å². The molecule has 0 unspecified atom stereocenters. The minimum Gasteiger partial charge on any atom is -0.462 e. The summed E-state index contributed by atoms with van der Waals surface area (Å²) in [6.07, 6.45) is -0.880. The molecule has 0 heterocycles. The van der Waals surface area contributed by atoms with Crippen LogP contribution in [0.4, 0.5) is 4.79 Å². The van der Waals surface area contributed by atoms with E-state index in [1.807, 2.05) is 26.0 Å². The van der Waals surface area contributed by atoms with Gasteiger partial charge >= 0.3 is 12.1 Å². The summed E-state index contributed by atoms with van der Waals surface area (Å²) < 4.78 is 14.9. The van der Waals surface area contributed by atoms with E-state index in [-0.39, 0.29) is 17.2 Å². The van der Waals surface area contributed by atoms with Crippen molar-refractivity contribution in [3.05, 3.63) is 42.0 Å². The summed E-state index contributed by atoms with van der Waals surface area (Å²) in [6.45, 7) is 4.18. The molecule has 0 radical (unpaired) electrons. The van der Waals surface area contributed by atoms with Gasteiger partial charge in [0.15, 0.2) is 5.75 Å². The van der Waals surface area contributed by atoms with E-state index in [2.05, 4.69) is 4.74 Å². The summed E-state index contributed by atoms with van der Waals surface area (Å²) >= 11 is 0. The molecule has 0 N–H and O–H groups in total. The first-order valence-corrected chi connectivity index (χ1v) is 6.97. The summed E-state index contributed by atoms with van der Waals surface area (Å²) in [5.41, 5.74) is 0.199. The zero-order chi connectivity index (χ0) is 16.1. The molecule has 0 aliphatic heterocycles. The maximum absolute atomic E-state index is 12.2. The number of esters is 1. The van der Waals surface area contributed by atoms with Crippen molar-refractivity contribution in [1.29, 1.82) is 0 Å². The van der Waals surface area contributed by atoms with E-state index in [1.54, 1.807) is 24.3 Å². The van der Waals surface area contributed by atoms with Gasteiger partial charge in [0.2, 0.25) is 0 Å². The fourth-order valence-corrected chi connectivity index (χ4v) is 1.96. The largest absolute Gasteiger partial charge is 0.513 e. The monoisotopic (exact) mass is 302 g/mol. The van der Waals surface area contributed by atoms with Gasteiger partial charge in [-0.15, -0.1) is 0 Å². The van der Waals surface area contributed by atoms with E-state index in [0.29, 0.717) is 12.0 Å². The van der Waals surface area contributed by atoms with Gasteiger partial charge in [0.05, 0.1) is 13.7 Å². The van der Waals surface area contributed by atoms with Crippen LogP contribution in [0.2, 0.25) is 0 Å². The average Bonchev–Trinajstić information content (AvgIpc) is 2.52. The van der Waals surface area contributed by atoms with Crippen LogP contribution in [-0.2, 0) is 9.47 Å². The lowest BCUT2D eigenvalue weighted by molar-refractivity contribution is 0.0455. The Kier molecular flexibility index (Phi) is 4.99. The number of methoxy groups -OCH3 is 1. The number of benzene rings is 2. The minimum absolute atomic E-state index is 0.152. The normalized spacial score (nSPS) is 10.5. The van der Waals surface area contributed by atoms with Crippen LogP contribution in [0.3, 0.4) is 0 Å². The summed E-state index contributed by atoms with van der Waals surface area (Å²) in [5.74, 6) is -0.161. The Morgan fingerprint density at radius 3 is 2.50 bits per heavy atom. The molecule has 5 heteroatoms. The topological polar surface area (TPSA) is 61.8 Å². The van der Waals surface area contributed by atoms with Crippen LogP contribution in [0.15, 0.2) is 36.4 Å². The van der Waals surface area contributed by atoms with Crippen LogP contribution in [-0.4, -0.2) is 25.8 Å². The van der Waals surface area contributed by atoms with E-state index in [9.17, 15) is 9.59 Å². The molecule has 0 aromatic heterocycles. The van der Waals surface area contributed by atoms with Crippen LogP contribution >= 0.6 is 0 Å². The Balaban J connectivity index is 2.45. The molecule has 0 spiro atoms. The molecule has 0 aliphatic rings. The molecule has 22 heavy (non-hydrogen) atoms. The fraction of sp³-hybridized carbons (Fsp3) is 0.294. The number of fused-ring (bicyclic) bond motifs is 1. The quantitative estimate of drug-likeness (QED) is 0.635. The molecule has 0 fully saturated rings. The first kappa shape index (κ1) is 15.8. The van der Waals surface area contributed by atoms with Gasteiger partial charge in [-0.3, -0.25) is 0 Å². The molecule has 0 atom stereocenters. The SMILES string of the molecule is COC(=O)Oc1c(C(=O)OCC(C)C)ccc2ccccc12. The van der Waals surface area contributed by atoms with E-state index in [0.717, 1.165) is 5.39 Å². The predicted octanol–water partition coefficient (Wildman–Crippen LogP) is 3.80. The molecule has 0 bridgehead atoms. The molecule has 2 aromatic rings. The van der Waals surface area contributed by atoms with Gasteiger partial charge in [0, 0.05) is 5.39 Å². The molecule has 5 nitrogen and oxygen atoms in total. The van der Waals surface area contributed by atoms with Crippen molar-refractivity contribution in [3.63, 3.8) is 0 Å². The van der Waals surface area contributed by atoms with Gasteiger partial charge in [0.1, 0.15) is 5.56 Å². The van der Waals surface area contributed by atoms with Crippen molar-refractivity contribution >= 4 is 22.9 Å². The summed E-state index contributed by atoms with van der Waals surface area (Å²) in [5, 5.41) is 1.49. The van der Waals surface area contributed by atoms with Crippen LogP contribution in [0.25, 0.3) is 10.8 Å². The molecule has 2 aromatic carbocycles. The third kappa shape index (κ3) is 3.55. The van der Waals surface area contributed by atoms with E-state index >= 15 is 0 Å². The highest BCUT2D eigenvalue weighted by Gasteiger charge is 2.20. The zero-order valence-electron chi connectivity index (χ0n) is 12.8. The van der Waals surface area contributed by atoms with E-state index in [4.69, 9.17) is 9.47 Å². The Labute approximate surface area is 128 Å². The van der Waals surface area contributed by atoms with E-state index in [1.165, 1.54) is 7.11 Å². The zero-order valence-corrected chi connectivity index (χ0v) is 12.8. The van der Waals surface area contributed by atoms with Gasteiger partial charge < -0.3 is 14.2 Å². The van der Waals surface area contributed by atoms with E-state index < -0.39 is 12.1 Å². The predicted molar refractivity (Wildman–Crippen MR) is 82.1 cm³/mol. The third-order valence-electron chi connectivity index (χ3n) is 3.00. The minimum atomic E-state index is -0.880. The molecular formula is C17H18O5. The summed E-state index contributed by atoms with van der Waals surface area (Å²) in [4.78, 5) is 23.7. The first-order valence-electron chi connectivity index (χ1n) is 6.97. The second-order valence-corrected chi connectivity index (χ2v) is 5.21. The molecule has 0 saturated carbocycles. The lowest BCUT2D eigenvalue weighted by atomic mass is 10.1. The fourth-order valence-electron chi connectivity index (χ4n) is 1.96. The van der Waals surface area contributed by atoms with Gasteiger partial charge in [-0.2, -0.15) is 0 Å². The van der Waals surface area contributed by atoms with Crippen LogP contribution in [0, 0.1) is 5.92 Å². The molecular weight excluding hydrogens is 284 g/mol. The van der Waals surface area contributed by atoms with Gasteiger partial charge in [-0.1, -0.05) is 44.2 Å². The number of carbonyl (C=O) groups excluding carboxylic acids is 2. The summed E-state index contributed by atoms with van der Waals surface area (Å²) in [6, 6.07) is 10.7.